The molecule has 134 valence electrons. The van der Waals surface area contributed by atoms with Crippen molar-refractivity contribution in [2.45, 2.75) is 25.3 Å². The minimum atomic E-state index is -0.165. The van der Waals surface area contributed by atoms with Crippen molar-refractivity contribution < 1.29 is 9.59 Å². The van der Waals surface area contributed by atoms with Crippen LogP contribution in [-0.4, -0.2) is 24.4 Å². The molecule has 0 spiro atoms. The summed E-state index contributed by atoms with van der Waals surface area (Å²) < 4.78 is 0. The lowest BCUT2D eigenvalue weighted by Crippen LogP contribution is -2.39. The number of carbonyl (C=O) groups excluding carboxylic acids is 2. The number of carbonyl (C=O) groups is 2. The van der Waals surface area contributed by atoms with Gasteiger partial charge in [0, 0.05) is 17.3 Å². The minimum Gasteiger partial charge on any atom is -0.349 e. The Hall–Kier alpha value is -1.89. The molecular weight excluding hydrogens is 358 g/mol. The summed E-state index contributed by atoms with van der Waals surface area (Å²) in [4.78, 5) is 25.2. The molecule has 0 radical (unpaired) electrons. The Morgan fingerprint density at radius 3 is 2.72 bits per heavy atom. The highest BCUT2D eigenvalue weighted by molar-refractivity contribution is 7.12. The number of nitrogens with one attached hydrogen (secondary N) is 2. The average Bonchev–Trinajstić information content (AvgIpc) is 3.26. The highest BCUT2D eigenvalue weighted by Crippen LogP contribution is 2.25. The van der Waals surface area contributed by atoms with Crippen molar-refractivity contribution in [3.63, 3.8) is 0 Å². The summed E-state index contributed by atoms with van der Waals surface area (Å²) in [7, 11) is 0. The maximum atomic E-state index is 12.5. The van der Waals surface area contributed by atoms with Crippen LogP contribution in [0.1, 0.15) is 39.3 Å². The lowest BCUT2D eigenvalue weighted by atomic mass is 10.0. The van der Waals surface area contributed by atoms with Crippen LogP contribution in [0.15, 0.2) is 41.8 Å². The number of nitrogens with two attached hydrogens (primary N) is 1. The Morgan fingerprint density at radius 1 is 1.16 bits per heavy atom. The zero-order chi connectivity index (χ0) is 16.9. The zero-order valence-electron chi connectivity index (χ0n) is 13.7. The van der Waals surface area contributed by atoms with E-state index in [1.54, 1.807) is 30.3 Å². The molecule has 0 saturated heterocycles. The molecule has 1 saturated carbocycles. The first-order valence-electron chi connectivity index (χ1n) is 8.13. The van der Waals surface area contributed by atoms with Crippen LogP contribution in [-0.2, 0) is 0 Å². The fourth-order valence-corrected chi connectivity index (χ4v) is 3.72. The molecule has 2 amide bonds. The molecule has 5 nitrogen and oxygen atoms in total. The van der Waals surface area contributed by atoms with Crippen LogP contribution >= 0.6 is 23.7 Å². The Bertz CT molecular complexity index is 721. The first kappa shape index (κ1) is 19.4. The van der Waals surface area contributed by atoms with E-state index in [0.29, 0.717) is 28.6 Å². The molecule has 7 heteroatoms. The summed E-state index contributed by atoms with van der Waals surface area (Å²) in [6.45, 7) is 0.599. The van der Waals surface area contributed by atoms with E-state index in [2.05, 4.69) is 10.6 Å². The topological polar surface area (TPSA) is 84.2 Å². The van der Waals surface area contributed by atoms with Gasteiger partial charge in [0.1, 0.15) is 0 Å². The van der Waals surface area contributed by atoms with Gasteiger partial charge >= 0.3 is 0 Å². The van der Waals surface area contributed by atoms with E-state index in [1.807, 2.05) is 11.4 Å². The van der Waals surface area contributed by atoms with Crippen molar-refractivity contribution in [3.05, 3.63) is 52.2 Å². The van der Waals surface area contributed by atoms with Crippen molar-refractivity contribution in [2.24, 2.45) is 11.7 Å². The predicted octanol–water partition coefficient (Wildman–Crippen LogP) is 3.28. The summed E-state index contributed by atoms with van der Waals surface area (Å²) in [5.41, 5.74) is 6.92. The van der Waals surface area contributed by atoms with Crippen LogP contribution in [0.2, 0.25) is 0 Å². The van der Waals surface area contributed by atoms with Crippen molar-refractivity contribution in [1.29, 1.82) is 0 Å². The summed E-state index contributed by atoms with van der Waals surface area (Å²) in [5.74, 6) is 0.0739. The van der Waals surface area contributed by atoms with Gasteiger partial charge in [-0.3, -0.25) is 9.59 Å². The summed E-state index contributed by atoms with van der Waals surface area (Å²) in [6, 6.07) is 10.7. The SMILES string of the molecule is Cl.NCC1CCCC1NC(=O)c1cccc(NC(=O)c2cccs2)c1. The van der Waals surface area contributed by atoms with Gasteiger partial charge < -0.3 is 16.4 Å². The third kappa shape index (κ3) is 4.81. The van der Waals surface area contributed by atoms with Gasteiger partial charge in [-0.05, 0) is 54.9 Å². The average molecular weight is 380 g/mol. The summed E-state index contributed by atoms with van der Waals surface area (Å²) in [5, 5.41) is 7.75. The Labute approximate surface area is 157 Å². The molecule has 4 N–H and O–H groups in total. The second-order valence-corrected chi connectivity index (χ2v) is 6.97. The van der Waals surface area contributed by atoms with Gasteiger partial charge in [-0.2, -0.15) is 0 Å². The number of anilines is 1. The number of thiophene rings is 1. The van der Waals surface area contributed by atoms with E-state index in [0.717, 1.165) is 19.3 Å². The molecule has 1 aromatic carbocycles. The van der Waals surface area contributed by atoms with Crippen LogP contribution in [0, 0.1) is 5.92 Å². The minimum absolute atomic E-state index is 0. The van der Waals surface area contributed by atoms with E-state index in [9.17, 15) is 9.59 Å². The molecule has 1 aromatic heterocycles. The van der Waals surface area contributed by atoms with E-state index in [-0.39, 0.29) is 30.3 Å². The number of benzene rings is 1. The lowest BCUT2D eigenvalue weighted by molar-refractivity contribution is 0.0927. The Morgan fingerprint density at radius 2 is 2.00 bits per heavy atom. The van der Waals surface area contributed by atoms with Gasteiger partial charge in [0.15, 0.2) is 0 Å². The van der Waals surface area contributed by atoms with Gasteiger partial charge in [0.05, 0.1) is 4.88 Å². The van der Waals surface area contributed by atoms with E-state index >= 15 is 0 Å². The van der Waals surface area contributed by atoms with E-state index < -0.39 is 0 Å². The lowest BCUT2D eigenvalue weighted by Gasteiger charge is -2.19. The molecule has 0 bridgehead atoms. The highest BCUT2D eigenvalue weighted by atomic mass is 35.5. The number of hydrogen-bond acceptors (Lipinski definition) is 4. The van der Waals surface area contributed by atoms with Crippen LogP contribution < -0.4 is 16.4 Å². The van der Waals surface area contributed by atoms with Crippen molar-refractivity contribution in [2.75, 3.05) is 11.9 Å². The monoisotopic (exact) mass is 379 g/mol. The van der Waals surface area contributed by atoms with Crippen molar-refractivity contribution >= 4 is 41.2 Å². The molecule has 3 rings (SSSR count). The maximum Gasteiger partial charge on any atom is 0.265 e. The molecule has 0 aliphatic heterocycles. The second kappa shape index (κ2) is 8.99. The van der Waals surface area contributed by atoms with Crippen molar-refractivity contribution in [3.8, 4) is 0 Å². The first-order valence-corrected chi connectivity index (χ1v) is 9.01. The molecule has 1 aliphatic rings. The van der Waals surface area contributed by atoms with Crippen LogP contribution in [0.3, 0.4) is 0 Å². The number of halogens is 1. The number of amides is 2. The van der Waals surface area contributed by atoms with Gasteiger partial charge in [-0.15, -0.1) is 23.7 Å². The third-order valence-electron chi connectivity index (χ3n) is 4.41. The van der Waals surface area contributed by atoms with E-state index in [4.69, 9.17) is 5.73 Å². The smallest absolute Gasteiger partial charge is 0.265 e. The Balaban J connectivity index is 0.00000225. The van der Waals surface area contributed by atoms with Crippen molar-refractivity contribution in [1.82, 2.24) is 5.32 Å². The highest BCUT2D eigenvalue weighted by Gasteiger charge is 2.27. The molecule has 2 atom stereocenters. The molecule has 2 unspecified atom stereocenters. The van der Waals surface area contributed by atoms with E-state index in [1.165, 1.54) is 11.3 Å². The quantitative estimate of drug-likeness (QED) is 0.745. The fraction of sp³-hybridized carbons (Fsp3) is 0.333. The molecule has 2 aromatic rings. The summed E-state index contributed by atoms with van der Waals surface area (Å²) in [6.07, 6.45) is 3.14. The normalized spacial score (nSPS) is 19.1. The molecule has 1 aliphatic carbocycles. The number of rotatable bonds is 5. The second-order valence-electron chi connectivity index (χ2n) is 6.02. The molecular formula is C18H22ClN3O2S. The molecule has 1 heterocycles. The van der Waals surface area contributed by atoms with Crippen LogP contribution in [0.5, 0.6) is 0 Å². The zero-order valence-corrected chi connectivity index (χ0v) is 15.4. The van der Waals surface area contributed by atoms with Gasteiger partial charge in [-0.25, -0.2) is 0 Å². The van der Waals surface area contributed by atoms with Crippen LogP contribution in [0.25, 0.3) is 0 Å². The Kier molecular flexibility index (Phi) is 6.99. The summed E-state index contributed by atoms with van der Waals surface area (Å²) >= 11 is 1.38. The first-order chi connectivity index (χ1) is 11.7. The fourth-order valence-electron chi connectivity index (χ4n) is 3.10. The number of hydrogen-bond donors (Lipinski definition) is 3. The maximum absolute atomic E-state index is 12.5. The standard InChI is InChI=1S/C18H21N3O2S.ClH/c19-11-13-5-2-7-15(13)21-17(22)12-4-1-6-14(10-12)20-18(23)16-8-3-9-24-16;/h1,3-4,6,8-10,13,15H,2,5,7,11,19H2,(H,20,23)(H,21,22);1H. The molecule has 1 fully saturated rings. The van der Waals surface area contributed by atoms with Gasteiger partial charge in [0.25, 0.3) is 11.8 Å². The van der Waals surface area contributed by atoms with Gasteiger partial charge in [0.2, 0.25) is 0 Å². The third-order valence-corrected chi connectivity index (χ3v) is 5.27. The van der Waals surface area contributed by atoms with Gasteiger partial charge in [-0.1, -0.05) is 18.6 Å². The largest absolute Gasteiger partial charge is 0.349 e. The molecule has 25 heavy (non-hydrogen) atoms. The van der Waals surface area contributed by atoms with Crippen LogP contribution in [0.4, 0.5) is 5.69 Å². The predicted molar refractivity (Wildman–Crippen MR) is 104 cm³/mol.